The van der Waals surface area contributed by atoms with Crippen LogP contribution in [0.5, 0.6) is 11.5 Å². The molecule has 7 rings (SSSR count). The maximum absolute atomic E-state index is 6.29. The second-order valence-corrected chi connectivity index (χ2v) is 9.37. The maximum atomic E-state index is 6.29. The van der Waals surface area contributed by atoms with Crippen molar-refractivity contribution in [1.29, 1.82) is 0 Å². The molecule has 0 saturated carbocycles. The van der Waals surface area contributed by atoms with E-state index < -0.39 is 0 Å². The second-order valence-electron chi connectivity index (χ2n) is 9.37. The minimum atomic E-state index is 0.0297. The molecule has 0 amide bonds. The molecule has 0 bridgehead atoms. The highest BCUT2D eigenvalue weighted by molar-refractivity contribution is 6.10. The van der Waals surface area contributed by atoms with Gasteiger partial charge in [0.05, 0.1) is 0 Å². The molecule has 1 aliphatic carbocycles. The third-order valence-electron chi connectivity index (χ3n) is 7.29. The zero-order valence-corrected chi connectivity index (χ0v) is 18.1. The molecule has 0 fully saturated rings. The summed E-state index contributed by atoms with van der Waals surface area (Å²) in [6, 6.07) is 35.1. The van der Waals surface area contributed by atoms with Crippen molar-refractivity contribution in [3.8, 4) is 44.9 Å². The molecule has 1 heterocycles. The van der Waals surface area contributed by atoms with Crippen molar-refractivity contribution in [2.24, 2.45) is 0 Å². The summed E-state index contributed by atoms with van der Waals surface area (Å²) in [5, 5.41) is 2.44. The Morgan fingerprint density at radius 2 is 1.28 bits per heavy atom. The lowest BCUT2D eigenvalue weighted by molar-refractivity contribution is 0.487. The van der Waals surface area contributed by atoms with Gasteiger partial charge >= 0.3 is 0 Å². The van der Waals surface area contributed by atoms with E-state index in [1.54, 1.807) is 0 Å². The van der Waals surface area contributed by atoms with Gasteiger partial charge in [0.2, 0.25) is 0 Å². The number of benzene rings is 5. The van der Waals surface area contributed by atoms with E-state index in [0.717, 1.165) is 17.1 Å². The summed E-state index contributed by atoms with van der Waals surface area (Å²) in [5.41, 5.74) is 10.5. The Hall–Kier alpha value is -3.84. The van der Waals surface area contributed by atoms with Gasteiger partial charge in [0.1, 0.15) is 11.5 Å². The van der Waals surface area contributed by atoms with Gasteiger partial charge in [0, 0.05) is 16.4 Å². The van der Waals surface area contributed by atoms with Crippen molar-refractivity contribution in [2.45, 2.75) is 19.3 Å². The molecule has 0 unspecified atom stereocenters. The van der Waals surface area contributed by atoms with Crippen LogP contribution in [0.3, 0.4) is 0 Å². The molecular weight excluding hydrogens is 388 g/mol. The summed E-state index contributed by atoms with van der Waals surface area (Å²) in [6.45, 7) is 4.66. The number of para-hydroxylation sites is 1. The van der Waals surface area contributed by atoms with Gasteiger partial charge in [-0.3, -0.25) is 0 Å². The lowest BCUT2D eigenvalue weighted by Gasteiger charge is -2.23. The largest absolute Gasteiger partial charge is 0.456 e. The first kappa shape index (κ1) is 17.8. The molecule has 1 nitrogen and oxygen atoms in total. The number of fused-ring (bicyclic) bond motifs is 5. The van der Waals surface area contributed by atoms with Gasteiger partial charge in [0.25, 0.3) is 0 Å². The van der Waals surface area contributed by atoms with Crippen LogP contribution in [-0.4, -0.2) is 0 Å². The fourth-order valence-corrected chi connectivity index (χ4v) is 5.72. The van der Waals surface area contributed by atoms with E-state index in [1.165, 1.54) is 49.7 Å². The maximum Gasteiger partial charge on any atom is 0.135 e. The summed E-state index contributed by atoms with van der Waals surface area (Å²) in [7, 11) is 0. The number of rotatable bonds is 1. The van der Waals surface area contributed by atoms with E-state index in [9.17, 15) is 0 Å². The minimum absolute atomic E-state index is 0.0297. The Bertz CT molecular complexity index is 1570. The normalized spacial score (nSPS) is 14.4. The van der Waals surface area contributed by atoms with Crippen LogP contribution in [0.25, 0.3) is 44.2 Å². The van der Waals surface area contributed by atoms with Crippen LogP contribution in [0.2, 0.25) is 0 Å². The van der Waals surface area contributed by atoms with Crippen LogP contribution in [0, 0.1) is 0 Å². The Kier molecular flexibility index (Phi) is 3.40. The SMILES string of the molecule is CC1(C)c2ccccc2-c2cc(-c3ccc4c5c(cccc35)-c3ccccc3O4)ccc21. The van der Waals surface area contributed by atoms with Crippen LogP contribution in [0.1, 0.15) is 25.0 Å². The molecule has 1 heteroatoms. The summed E-state index contributed by atoms with van der Waals surface area (Å²) < 4.78 is 6.29. The average molecular weight is 411 g/mol. The van der Waals surface area contributed by atoms with Crippen LogP contribution in [-0.2, 0) is 5.41 Å². The minimum Gasteiger partial charge on any atom is -0.456 e. The van der Waals surface area contributed by atoms with Crippen molar-refractivity contribution in [3.63, 3.8) is 0 Å². The quantitative estimate of drug-likeness (QED) is 0.264. The van der Waals surface area contributed by atoms with Crippen molar-refractivity contribution >= 4 is 10.8 Å². The topological polar surface area (TPSA) is 9.23 Å². The van der Waals surface area contributed by atoms with Gasteiger partial charge in [0.15, 0.2) is 0 Å². The predicted molar refractivity (Wildman–Crippen MR) is 132 cm³/mol. The fraction of sp³-hybridized carbons (Fsp3) is 0.0968. The molecule has 152 valence electrons. The zero-order chi connectivity index (χ0) is 21.4. The van der Waals surface area contributed by atoms with Crippen LogP contribution < -0.4 is 4.74 Å². The van der Waals surface area contributed by atoms with Crippen molar-refractivity contribution in [1.82, 2.24) is 0 Å². The van der Waals surface area contributed by atoms with Crippen LogP contribution in [0.15, 0.2) is 97.1 Å². The predicted octanol–water partition coefficient (Wildman–Crippen LogP) is 8.59. The lowest BCUT2D eigenvalue weighted by atomic mass is 9.82. The standard InChI is InChI=1S/C31H22O/c1-31(2)26-12-5-3-8-21(26)25-18-19(14-16-27(25)31)20-15-17-29-30-23(20)10-7-11-24(30)22-9-4-6-13-28(22)32-29/h3-18H,1-2H3. The van der Waals surface area contributed by atoms with E-state index in [0.29, 0.717) is 0 Å². The molecule has 1 aliphatic heterocycles. The first-order chi connectivity index (χ1) is 15.6. The molecule has 32 heavy (non-hydrogen) atoms. The monoisotopic (exact) mass is 410 g/mol. The Morgan fingerprint density at radius 1 is 0.531 bits per heavy atom. The van der Waals surface area contributed by atoms with Crippen LogP contribution >= 0.6 is 0 Å². The third-order valence-corrected chi connectivity index (χ3v) is 7.29. The molecule has 0 saturated heterocycles. The highest BCUT2D eigenvalue weighted by Crippen LogP contribution is 2.51. The van der Waals surface area contributed by atoms with Gasteiger partial charge in [-0.25, -0.2) is 0 Å². The molecule has 5 aromatic rings. The zero-order valence-electron chi connectivity index (χ0n) is 18.1. The summed E-state index contributed by atoms with van der Waals surface area (Å²) in [6.07, 6.45) is 0. The molecule has 0 spiro atoms. The Labute approximate surface area is 187 Å². The first-order valence-electron chi connectivity index (χ1n) is 11.2. The summed E-state index contributed by atoms with van der Waals surface area (Å²) >= 11 is 0. The summed E-state index contributed by atoms with van der Waals surface area (Å²) in [5.74, 6) is 1.86. The van der Waals surface area contributed by atoms with Gasteiger partial charge in [-0.05, 0) is 62.5 Å². The van der Waals surface area contributed by atoms with Gasteiger partial charge in [-0.1, -0.05) is 92.7 Å². The number of hydrogen-bond acceptors (Lipinski definition) is 1. The van der Waals surface area contributed by atoms with E-state index in [2.05, 4.69) is 98.8 Å². The van der Waals surface area contributed by atoms with Crippen LogP contribution in [0.4, 0.5) is 0 Å². The molecule has 0 aromatic heterocycles. The highest BCUT2D eigenvalue weighted by atomic mass is 16.5. The lowest BCUT2D eigenvalue weighted by Crippen LogP contribution is -2.14. The van der Waals surface area contributed by atoms with E-state index >= 15 is 0 Å². The van der Waals surface area contributed by atoms with Crippen molar-refractivity contribution in [3.05, 3.63) is 108 Å². The van der Waals surface area contributed by atoms with E-state index in [1.807, 2.05) is 12.1 Å². The van der Waals surface area contributed by atoms with Gasteiger partial charge < -0.3 is 4.74 Å². The molecule has 0 atom stereocenters. The molecule has 5 aromatic carbocycles. The molecular formula is C31H22O. The first-order valence-corrected chi connectivity index (χ1v) is 11.2. The third kappa shape index (κ3) is 2.23. The van der Waals surface area contributed by atoms with Gasteiger partial charge in [-0.15, -0.1) is 0 Å². The molecule has 0 N–H and O–H groups in total. The molecule has 2 aliphatic rings. The smallest absolute Gasteiger partial charge is 0.135 e. The fourth-order valence-electron chi connectivity index (χ4n) is 5.72. The Balaban J connectivity index is 1.48. The second kappa shape index (κ2) is 6.11. The average Bonchev–Trinajstić information content (AvgIpc) is 3.06. The number of hydrogen-bond donors (Lipinski definition) is 0. The highest BCUT2D eigenvalue weighted by Gasteiger charge is 2.35. The van der Waals surface area contributed by atoms with Crippen molar-refractivity contribution in [2.75, 3.05) is 0 Å². The molecule has 0 radical (unpaired) electrons. The van der Waals surface area contributed by atoms with E-state index in [-0.39, 0.29) is 5.41 Å². The Morgan fingerprint density at radius 3 is 2.19 bits per heavy atom. The summed E-state index contributed by atoms with van der Waals surface area (Å²) in [4.78, 5) is 0. The van der Waals surface area contributed by atoms with E-state index in [4.69, 9.17) is 4.74 Å². The number of ether oxygens (including phenoxy) is 1. The van der Waals surface area contributed by atoms with Crippen molar-refractivity contribution < 1.29 is 4.74 Å². The van der Waals surface area contributed by atoms with Gasteiger partial charge in [-0.2, -0.15) is 0 Å².